The molecule has 1 aliphatic heterocycles. The van der Waals surface area contributed by atoms with Crippen molar-refractivity contribution in [1.82, 2.24) is 10.1 Å². The number of nitrogens with one attached hydrogen (secondary N) is 2. The summed E-state index contributed by atoms with van der Waals surface area (Å²) >= 11 is 0. The third-order valence-electron chi connectivity index (χ3n) is 3.99. The van der Waals surface area contributed by atoms with Gasteiger partial charge < -0.3 is 15.2 Å². The van der Waals surface area contributed by atoms with Gasteiger partial charge in [-0.2, -0.15) is 4.98 Å². The van der Waals surface area contributed by atoms with E-state index in [0.717, 1.165) is 48.4 Å². The van der Waals surface area contributed by atoms with Gasteiger partial charge in [-0.1, -0.05) is 18.5 Å². The molecule has 1 unspecified atom stereocenters. The van der Waals surface area contributed by atoms with Gasteiger partial charge >= 0.3 is 0 Å². The van der Waals surface area contributed by atoms with E-state index in [1.165, 1.54) is 0 Å². The molecule has 1 amide bonds. The molecule has 1 aromatic carbocycles. The first-order valence-electron chi connectivity index (χ1n) is 8.17. The van der Waals surface area contributed by atoms with E-state index in [0.29, 0.717) is 12.3 Å². The van der Waals surface area contributed by atoms with Crippen LogP contribution < -0.4 is 10.6 Å². The number of aromatic nitrogens is 2. The van der Waals surface area contributed by atoms with Crippen LogP contribution in [0.15, 0.2) is 22.7 Å². The van der Waals surface area contributed by atoms with Crippen molar-refractivity contribution in [2.75, 3.05) is 10.6 Å². The van der Waals surface area contributed by atoms with Crippen LogP contribution in [0.5, 0.6) is 0 Å². The van der Waals surface area contributed by atoms with Crippen LogP contribution in [0.4, 0.5) is 11.4 Å². The number of nitrogens with zero attached hydrogens (tertiary/aromatic N) is 2. The molecule has 0 saturated heterocycles. The predicted octanol–water partition coefficient (Wildman–Crippen LogP) is 3.47. The van der Waals surface area contributed by atoms with Gasteiger partial charge in [-0.05, 0) is 43.5 Å². The first kappa shape index (κ1) is 15.5. The minimum absolute atomic E-state index is 0.0610. The zero-order valence-electron chi connectivity index (χ0n) is 13.6. The summed E-state index contributed by atoms with van der Waals surface area (Å²) in [4.78, 5) is 15.8. The van der Waals surface area contributed by atoms with E-state index in [2.05, 4.69) is 33.8 Å². The lowest BCUT2D eigenvalue weighted by Crippen LogP contribution is -2.19. The number of hydrogen-bond acceptors (Lipinski definition) is 5. The molecule has 2 N–H and O–H groups in total. The van der Waals surface area contributed by atoms with E-state index < -0.39 is 0 Å². The van der Waals surface area contributed by atoms with Gasteiger partial charge in [0.1, 0.15) is 6.04 Å². The highest BCUT2D eigenvalue weighted by Crippen LogP contribution is 2.27. The second-order valence-corrected chi connectivity index (χ2v) is 5.94. The third kappa shape index (κ3) is 3.70. The van der Waals surface area contributed by atoms with Gasteiger partial charge in [-0.25, -0.2) is 0 Å². The SMILES string of the molecule is CCCCc1noc(C(C)Nc2ccc3c(c2)CCC(=O)N3)n1. The van der Waals surface area contributed by atoms with Crippen molar-refractivity contribution < 1.29 is 9.32 Å². The van der Waals surface area contributed by atoms with Gasteiger partial charge in [0, 0.05) is 24.2 Å². The second-order valence-electron chi connectivity index (χ2n) is 5.94. The van der Waals surface area contributed by atoms with Gasteiger partial charge in [-0.15, -0.1) is 0 Å². The van der Waals surface area contributed by atoms with Crippen molar-refractivity contribution in [3.05, 3.63) is 35.5 Å². The number of unbranched alkanes of at least 4 members (excludes halogenated alkanes) is 1. The fourth-order valence-electron chi connectivity index (χ4n) is 2.66. The Morgan fingerprint density at radius 1 is 1.39 bits per heavy atom. The minimum atomic E-state index is -0.0610. The molecule has 1 atom stereocenters. The third-order valence-corrected chi connectivity index (χ3v) is 3.99. The van der Waals surface area contributed by atoms with Crippen molar-refractivity contribution in [3.8, 4) is 0 Å². The predicted molar refractivity (Wildman–Crippen MR) is 88.3 cm³/mol. The molecule has 2 heterocycles. The maximum Gasteiger partial charge on any atom is 0.248 e. The Kier molecular flexibility index (Phi) is 4.60. The molecule has 0 aliphatic carbocycles. The summed E-state index contributed by atoms with van der Waals surface area (Å²) in [6, 6.07) is 5.89. The van der Waals surface area contributed by atoms with Crippen LogP contribution in [0.1, 0.15) is 56.4 Å². The second kappa shape index (κ2) is 6.81. The Morgan fingerprint density at radius 2 is 2.26 bits per heavy atom. The lowest BCUT2D eigenvalue weighted by Gasteiger charge is -2.19. The van der Waals surface area contributed by atoms with E-state index in [-0.39, 0.29) is 11.9 Å². The van der Waals surface area contributed by atoms with E-state index in [1.807, 2.05) is 19.1 Å². The fourth-order valence-corrected chi connectivity index (χ4v) is 2.66. The van der Waals surface area contributed by atoms with Gasteiger partial charge in [-0.3, -0.25) is 4.79 Å². The topological polar surface area (TPSA) is 80.0 Å². The zero-order chi connectivity index (χ0) is 16.2. The summed E-state index contributed by atoms with van der Waals surface area (Å²) in [7, 11) is 0. The zero-order valence-corrected chi connectivity index (χ0v) is 13.6. The Labute approximate surface area is 135 Å². The average molecular weight is 314 g/mol. The van der Waals surface area contributed by atoms with Crippen LogP contribution in [0.2, 0.25) is 0 Å². The van der Waals surface area contributed by atoms with Crippen LogP contribution in [0.3, 0.4) is 0 Å². The first-order chi connectivity index (χ1) is 11.2. The van der Waals surface area contributed by atoms with Crippen LogP contribution in [-0.4, -0.2) is 16.0 Å². The molecule has 6 heteroatoms. The van der Waals surface area contributed by atoms with Crippen molar-refractivity contribution >= 4 is 17.3 Å². The van der Waals surface area contributed by atoms with E-state index in [9.17, 15) is 4.79 Å². The number of amides is 1. The highest BCUT2D eigenvalue weighted by Gasteiger charge is 2.17. The summed E-state index contributed by atoms with van der Waals surface area (Å²) in [5, 5.41) is 10.3. The van der Waals surface area contributed by atoms with Gasteiger partial charge in [0.05, 0.1) is 0 Å². The Morgan fingerprint density at radius 3 is 3.09 bits per heavy atom. The van der Waals surface area contributed by atoms with Crippen LogP contribution >= 0.6 is 0 Å². The van der Waals surface area contributed by atoms with Crippen LogP contribution in [0, 0.1) is 0 Å². The maximum atomic E-state index is 11.4. The number of aryl methyl sites for hydroxylation is 2. The maximum absolute atomic E-state index is 11.4. The minimum Gasteiger partial charge on any atom is -0.374 e. The number of benzene rings is 1. The number of hydrogen-bond donors (Lipinski definition) is 2. The molecule has 6 nitrogen and oxygen atoms in total. The van der Waals surface area contributed by atoms with Crippen LogP contribution in [0.25, 0.3) is 0 Å². The monoisotopic (exact) mass is 314 g/mol. The highest BCUT2D eigenvalue weighted by atomic mass is 16.5. The summed E-state index contributed by atoms with van der Waals surface area (Å²) < 4.78 is 5.34. The first-order valence-corrected chi connectivity index (χ1v) is 8.17. The van der Waals surface area contributed by atoms with Crippen molar-refractivity contribution in [2.24, 2.45) is 0 Å². The number of fused-ring (bicyclic) bond motifs is 1. The average Bonchev–Trinajstić information content (AvgIpc) is 3.02. The smallest absolute Gasteiger partial charge is 0.248 e. The fraction of sp³-hybridized carbons (Fsp3) is 0.471. The highest BCUT2D eigenvalue weighted by molar-refractivity contribution is 5.94. The molecule has 23 heavy (non-hydrogen) atoms. The molecule has 1 aromatic heterocycles. The number of carbonyl (C=O) groups excluding carboxylic acids is 1. The molecule has 0 fully saturated rings. The molecule has 0 spiro atoms. The summed E-state index contributed by atoms with van der Waals surface area (Å²) in [5.41, 5.74) is 3.04. The molecule has 0 saturated carbocycles. The molecule has 122 valence electrons. The Balaban J connectivity index is 1.66. The molecule has 2 aromatic rings. The van der Waals surface area contributed by atoms with Gasteiger partial charge in [0.2, 0.25) is 11.8 Å². The molecule has 3 rings (SSSR count). The van der Waals surface area contributed by atoms with Gasteiger partial charge in [0.25, 0.3) is 0 Å². The number of rotatable bonds is 6. The normalized spacial score (nSPS) is 15.0. The summed E-state index contributed by atoms with van der Waals surface area (Å²) in [6.45, 7) is 4.14. The standard InChI is InChI=1S/C17H22N4O2/c1-3-4-5-15-20-17(23-21-15)11(2)18-13-7-8-14-12(10-13)6-9-16(22)19-14/h7-8,10-11,18H,3-6,9H2,1-2H3,(H,19,22). The molecule has 1 aliphatic rings. The Hall–Kier alpha value is -2.37. The summed E-state index contributed by atoms with van der Waals surface area (Å²) in [5.74, 6) is 1.45. The molecule has 0 radical (unpaired) electrons. The largest absolute Gasteiger partial charge is 0.374 e. The van der Waals surface area contributed by atoms with Crippen molar-refractivity contribution in [2.45, 2.75) is 52.0 Å². The number of anilines is 2. The lowest BCUT2D eigenvalue weighted by molar-refractivity contribution is -0.116. The summed E-state index contributed by atoms with van der Waals surface area (Å²) in [6.07, 6.45) is 4.34. The molecular formula is C17H22N4O2. The van der Waals surface area contributed by atoms with E-state index in [1.54, 1.807) is 0 Å². The Bertz CT molecular complexity index is 696. The van der Waals surface area contributed by atoms with Gasteiger partial charge in [0.15, 0.2) is 5.82 Å². The van der Waals surface area contributed by atoms with E-state index >= 15 is 0 Å². The molecular weight excluding hydrogens is 292 g/mol. The van der Waals surface area contributed by atoms with Crippen LogP contribution in [-0.2, 0) is 17.6 Å². The van der Waals surface area contributed by atoms with E-state index in [4.69, 9.17) is 4.52 Å². The van der Waals surface area contributed by atoms with Crippen molar-refractivity contribution in [3.63, 3.8) is 0 Å². The van der Waals surface area contributed by atoms with Crippen molar-refractivity contribution in [1.29, 1.82) is 0 Å². The number of carbonyl (C=O) groups is 1. The quantitative estimate of drug-likeness (QED) is 0.853. The molecule has 0 bridgehead atoms. The lowest BCUT2D eigenvalue weighted by atomic mass is 10.0.